The molecule has 0 aromatic heterocycles. The molecule has 0 amide bonds. The fourth-order valence-electron chi connectivity index (χ4n) is 0. The van der Waals surface area contributed by atoms with Gasteiger partial charge in [-0.25, -0.2) is 0 Å². The molecule has 0 spiro atoms. The van der Waals surface area contributed by atoms with Crippen molar-refractivity contribution in [3.05, 3.63) is 0 Å². The van der Waals surface area contributed by atoms with Crippen molar-refractivity contribution in [1.29, 1.82) is 0 Å². The Morgan fingerprint density at radius 2 is 0.423 bits per heavy atom. The van der Waals surface area contributed by atoms with Crippen LogP contribution < -0.4 is 25.5 Å². The normalized spacial score (nSPS) is 14.4. The van der Waals surface area contributed by atoms with E-state index in [-0.39, 0.29) is 51.6 Å². The molecule has 0 aromatic carbocycles. The summed E-state index contributed by atoms with van der Waals surface area (Å²) in [6.45, 7) is 17.8. The molecule has 1 radical (unpaired) electrons. The molecule has 5 atom stereocenters. The van der Waals surface area contributed by atoms with E-state index in [0.29, 0.717) is 0 Å². The van der Waals surface area contributed by atoms with Crippen molar-refractivity contribution in [2.75, 3.05) is 0 Å². The Balaban J connectivity index is -0.0000000476. The summed E-state index contributed by atoms with van der Waals surface area (Å²) in [4.78, 5) is 0. The van der Waals surface area contributed by atoms with Crippen LogP contribution in [0.15, 0.2) is 0 Å². The molecule has 0 aliphatic rings. The zero-order valence-corrected chi connectivity index (χ0v) is 20.9. The van der Waals surface area contributed by atoms with Crippen LogP contribution in [-0.2, 0) is 21.1 Å². The van der Waals surface area contributed by atoms with Crippen LogP contribution in [0.1, 0.15) is 101 Å². The minimum Gasteiger partial charge on any atom is -0.852 e. The first kappa shape index (κ1) is 41.0. The Labute approximate surface area is 178 Å². The second-order valence-electron chi connectivity index (χ2n) is 6.09. The van der Waals surface area contributed by atoms with Gasteiger partial charge in [0.25, 0.3) is 0 Å². The van der Waals surface area contributed by atoms with E-state index in [1.807, 2.05) is 34.6 Å². The summed E-state index contributed by atoms with van der Waals surface area (Å²) in [7, 11) is 0. The van der Waals surface area contributed by atoms with Crippen LogP contribution in [0.2, 0.25) is 0 Å². The molecule has 0 aliphatic carbocycles. The van der Waals surface area contributed by atoms with Crippen LogP contribution in [0.3, 0.4) is 0 Å². The molecular weight excluding hydrogens is 416 g/mol. The van der Waals surface area contributed by atoms with Crippen molar-refractivity contribution in [2.24, 2.45) is 0 Å². The summed E-state index contributed by atoms with van der Waals surface area (Å²) in [5, 5.41) is 49.5. The van der Waals surface area contributed by atoms with Crippen molar-refractivity contribution in [3.8, 4) is 0 Å². The topological polar surface area (TPSA) is 115 Å². The zero-order valence-electron chi connectivity index (χ0n) is 18.9. The first-order valence-corrected chi connectivity index (χ1v) is 9.64. The summed E-state index contributed by atoms with van der Waals surface area (Å²) in [5.74, 6) is 0. The summed E-state index contributed by atoms with van der Waals surface area (Å²) >= 11 is 0. The Morgan fingerprint density at radius 3 is 0.423 bits per heavy atom. The van der Waals surface area contributed by atoms with E-state index < -0.39 is 0 Å². The van der Waals surface area contributed by atoms with Crippen molar-refractivity contribution in [3.63, 3.8) is 0 Å². The molecule has 0 N–H and O–H groups in total. The smallest absolute Gasteiger partial charge is 0.852 e. The molecule has 0 saturated heterocycles. The van der Waals surface area contributed by atoms with Gasteiger partial charge in [-0.1, -0.05) is 101 Å². The molecular formula is C20H45MoO5. The van der Waals surface area contributed by atoms with Crippen LogP contribution in [0.4, 0.5) is 0 Å². The van der Waals surface area contributed by atoms with Gasteiger partial charge in [-0.15, -0.1) is 30.5 Å². The molecule has 0 saturated carbocycles. The molecule has 0 aromatic rings. The molecule has 0 heterocycles. The standard InChI is InChI=1S/5C4H9O.Mo/c5*1-3-4(2)5;/h5*4H,3H2,1-2H3;/q5*-1;+5. The third-order valence-electron chi connectivity index (χ3n) is 2.87. The van der Waals surface area contributed by atoms with Crippen molar-refractivity contribution >= 4 is 0 Å². The van der Waals surface area contributed by atoms with Gasteiger partial charge in [0.1, 0.15) is 0 Å². The van der Waals surface area contributed by atoms with Crippen LogP contribution in [0.25, 0.3) is 0 Å². The molecule has 6 heteroatoms. The Hall–Kier alpha value is 0.488. The van der Waals surface area contributed by atoms with Gasteiger partial charge >= 0.3 is 21.1 Å². The molecule has 0 bridgehead atoms. The Kier molecular flexibility index (Phi) is 57.4. The molecule has 5 unspecified atom stereocenters. The van der Waals surface area contributed by atoms with E-state index in [1.54, 1.807) is 34.6 Å². The monoisotopic (exact) mass is 463 g/mol. The van der Waals surface area contributed by atoms with Crippen molar-refractivity contribution < 1.29 is 46.6 Å². The number of hydrogen-bond donors (Lipinski definition) is 0. The average Bonchev–Trinajstić information content (AvgIpc) is 2.56. The molecule has 0 rings (SSSR count). The summed E-state index contributed by atoms with van der Waals surface area (Å²) < 4.78 is 0. The fourth-order valence-corrected chi connectivity index (χ4v) is 0. The first-order chi connectivity index (χ1) is 11.4. The van der Waals surface area contributed by atoms with Gasteiger partial charge in [-0.3, -0.25) is 0 Å². The van der Waals surface area contributed by atoms with E-state index in [2.05, 4.69) is 0 Å². The molecule has 5 nitrogen and oxygen atoms in total. The summed E-state index contributed by atoms with van der Waals surface area (Å²) in [6.07, 6.45) is 1.92. The quantitative estimate of drug-likeness (QED) is 0.560. The minimum atomic E-state index is -0.366. The van der Waals surface area contributed by atoms with Crippen LogP contribution >= 0.6 is 0 Å². The second-order valence-corrected chi connectivity index (χ2v) is 6.09. The van der Waals surface area contributed by atoms with Gasteiger partial charge in [-0.05, 0) is 0 Å². The molecule has 0 fully saturated rings. The fraction of sp³-hybridized carbons (Fsp3) is 1.00. The predicted octanol–water partition coefficient (Wildman–Crippen LogP) is 0.724. The van der Waals surface area contributed by atoms with Crippen molar-refractivity contribution in [2.45, 2.75) is 132 Å². The maximum atomic E-state index is 9.90. The van der Waals surface area contributed by atoms with Gasteiger partial charge < -0.3 is 25.5 Å². The van der Waals surface area contributed by atoms with Crippen LogP contribution in [0, 0.1) is 0 Å². The maximum absolute atomic E-state index is 9.90. The van der Waals surface area contributed by atoms with E-state index in [4.69, 9.17) is 0 Å². The molecule has 161 valence electrons. The minimum absolute atomic E-state index is 0. The third kappa shape index (κ3) is 123. The number of hydrogen-bond acceptors (Lipinski definition) is 5. The van der Waals surface area contributed by atoms with Gasteiger partial charge in [-0.2, -0.15) is 0 Å². The molecule has 26 heavy (non-hydrogen) atoms. The predicted molar refractivity (Wildman–Crippen MR) is 98.8 cm³/mol. The van der Waals surface area contributed by atoms with Gasteiger partial charge in [0.15, 0.2) is 0 Å². The van der Waals surface area contributed by atoms with E-state index in [9.17, 15) is 25.5 Å². The second kappa shape index (κ2) is 36.4. The largest absolute Gasteiger partial charge is 5.00 e. The first-order valence-electron chi connectivity index (χ1n) is 9.64. The van der Waals surface area contributed by atoms with Crippen molar-refractivity contribution in [1.82, 2.24) is 0 Å². The third-order valence-corrected chi connectivity index (χ3v) is 2.87. The van der Waals surface area contributed by atoms with Crippen LogP contribution in [0.5, 0.6) is 0 Å². The summed E-state index contributed by atoms with van der Waals surface area (Å²) in [6, 6.07) is 0. The van der Waals surface area contributed by atoms with E-state index in [0.717, 1.165) is 32.1 Å². The van der Waals surface area contributed by atoms with Gasteiger partial charge in [0.2, 0.25) is 0 Å². The Morgan fingerprint density at radius 1 is 0.385 bits per heavy atom. The van der Waals surface area contributed by atoms with Gasteiger partial charge in [0.05, 0.1) is 0 Å². The van der Waals surface area contributed by atoms with E-state index >= 15 is 0 Å². The SMILES string of the molecule is CCC(C)[O-].CCC(C)[O-].CCC(C)[O-].CCC(C)[O-].CCC(C)[O-].[Mo+5]. The van der Waals surface area contributed by atoms with Crippen LogP contribution in [-0.4, -0.2) is 30.5 Å². The summed E-state index contributed by atoms with van der Waals surface area (Å²) in [5.41, 5.74) is 0. The van der Waals surface area contributed by atoms with Gasteiger partial charge in [0, 0.05) is 0 Å². The molecule has 0 aliphatic heterocycles. The maximum Gasteiger partial charge on any atom is 5.00 e. The average molecular weight is 462 g/mol. The number of rotatable bonds is 5. The van der Waals surface area contributed by atoms with E-state index in [1.165, 1.54) is 0 Å². The Bertz CT molecular complexity index is 141. The zero-order chi connectivity index (χ0) is 21.4.